The molecular weight excluding hydrogens is 387 g/mol. The Morgan fingerprint density at radius 1 is 1.00 bits per heavy atom. The Kier molecular flexibility index (Phi) is 8.75. The molecule has 0 spiro atoms. The molecule has 3 atom stereocenters. The molecule has 0 saturated carbocycles. The molecule has 0 unspecified atom stereocenters. The van der Waals surface area contributed by atoms with E-state index in [1.54, 1.807) is 0 Å². The lowest BCUT2D eigenvalue weighted by Gasteiger charge is -2.48. The number of aliphatic hydroxyl groups is 1. The van der Waals surface area contributed by atoms with Crippen molar-refractivity contribution in [3.8, 4) is 0 Å². The van der Waals surface area contributed by atoms with Gasteiger partial charge in [-0.3, -0.25) is 4.39 Å². The molecule has 0 saturated heterocycles. The monoisotopic (exact) mass is 432 g/mol. The van der Waals surface area contributed by atoms with E-state index in [4.69, 9.17) is 8.85 Å². The summed E-state index contributed by atoms with van der Waals surface area (Å²) in [5.74, 6) is 0.0890. The molecule has 1 aliphatic rings. The molecule has 0 bridgehead atoms. The van der Waals surface area contributed by atoms with E-state index in [1.165, 1.54) is 0 Å². The molecule has 0 aromatic rings. The second-order valence-corrected chi connectivity index (χ2v) is 20.9. The molecule has 3 nitrogen and oxygen atoms in total. The van der Waals surface area contributed by atoms with E-state index < -0.39 is 16.6 Å². The van der Waals surface area contributed by atoms with Gasteiger partial charge in [0, 0.05) is 5.92 Å². The molecule has 1 aliphatic carbocycles. The number of halogens is 1. The first-order valence-corrected chi connectivity index (χ1v) is 16.6. The van der Waals surface area contributed by atoms with E-state index in [-0.39, 0.29) is 41.5 Å². The van der Waals surface area contributed by atoms with Crippen molar-refractivity contribution in [2.75, 3.05) is 13.3 Å². The lowest BCUT2D eigenvalue weighted by atomic mass is 9.81. The summed E-state index contributed by atoms with van der Waals surface area (Å²) in [5.41, 5.74) is 0.948. The minimum atomic E-state index is -2.05. The van der Waals surface area contributed by atoms with Crippen LogP contribution in [0.2, 0.25) is 36.3 Å². The SMILES string of the molecule is CC(C)(C)[Si](C)(C)O[C@@H]1CC=C(CO)[C@H](O[Si](C)(C)C(C)(C)C)[C@@H]1CCCF. The minimum Gasteiger partial charge on any atom is -0.413 e. The van der Waals surface area contributed by atoms with E-state index in [1.807, 2.05) is 0 Å². The van der Waals surface area contributed by atoms with Crippen molar-refractivity contribution in [2.24, 2.45) is 5.92 Å². The number of aliphatic hydroxyl groups excluding tert-OH is 1. The van der Waals surface area contributed by atoms with Gasteiger partial charge in [0.2, 0.25) is 0 Å². The zero-order valence-corrected chi connectivity index (χ0v) is 22.0. The highest BCUT2D eigenvalue weighted by atomic mass is 28.4. The van der Waals surface area contributed by atoms with E-state index in [0.717, 1.165) is 18.4 Å². The fourth-order valence-corrected chi connectivity index (χ4v) is 5.88. The molecule has 28 heavy (non-hydrogen) atoms. The average Bonchev–Trinajstić information content (AvgIpc) is 2.51. The van der Waals surface area contributed by atoms with Gasteiger partial charge in [0.1, 0.15) is 0 Å². The lowest BCUT2D eigenvalue weighted by molar-refractivity contribution is 0.0232. The third-order valence-electron chi connectivity index (χ3n) is 7.18. The standard InChI is InChI=1S/C22H45FO3Si2/c1-21(2,3)27(7,8)25-19-14-13-17(16-24)20(18(19)12-11-15-23)26-28(9,10)22(4,5)6/h13,18-20,24H,11-12,14-16H2,1-10H3/t18-,19-,20+/m1/s1. The zero-order valence-electron chi connectivity index (χ0n) is 20.0. The summed E-state index contributed by atoms with van der Waals surface area (Å²) in [5, 5.41) is 10.2. The molecule has 166 valence electrons. The van der Waals surface area contributed by atoms with Crippen LogP contribution in [0, 0.1) is 5.92 Å². The highest BCUT2D eigenvalue weighted by Crippen LogP contribution is 2.44. The molecule has 0 heterocycles. The highest BCUT2D eigenvalue weighted by Gasteiger charge is 2.47. The summed E-state index contributed by atoms with van der Waals surface area (Å²) >= 11 is 0. The van der Waals surface area contributed by atoms with Gasteiger partial charge in [-0.25, -0.2) is 0 Å². The van der Waals surface area contributed by atoms with Crippen LogP contribution in [0.5, 0.6) is 0 Å². The van der Waals surface area contributed by atoms with Gasteiger partial charge >= 0.3 is 0 Å². The number of hydrogen-bond donors (Lipinski definition) is 1. The largest absolute Gasteiger partial charge is 0.413 e. The molecule has 1 N–H and O–H groups in total. The van der Waals surface area contributed by atoms with E-state index in [9.17, 15) is 9.50 Å². The van der Waals surface area contributed by atoms with Crippen LogP contribution < -0.4 is 0 Å². The first-order chi connectivity index (χ1) is 12.6. The van der Waals surface area contributed by atoms with Crippen LogP contribution in [0.15, 0.2) is 11.6 Å². The second-order valence-electron chi connectivity index (χ2n) is 11.4. The molecule has 0 radical (unpaired) electrons. The molecular formula is C22H45FO3Si2. The summed E-state index contributed by atoms with van der Waals surface area (Å²) in [6.07, 6.45) is 3.97. The molecule has 0 aromatic carbocycles. The van der Waals surface area contributed by atoms with E-state index >= 15 is 0 Å². The van der Waals surface area contributed by atoms with Crippen molar-refractivity contribution in [1.82, 2.24) is 0 Å². The Morgan fingerprint density at radius 2 is 1.50 bits per heavy atom. The van der Waals surface area contributed by atoms with E-state index in [0.29, 0.717) is 6.42 Å². The summed E-state index contributed by atoms with van der Waals surface area (Å²) in [6, 6.07) is 0. The Hall–Kier alpha value is -0.0162. The van der Waals surface area contributed by atoms with E-state index in [2.05, 4.69) is 73.8 Å². The molecule has 0 aliphatic heterocycles. The molecule has 6 heteroatoms. The van der Waals surface area contributed by atoms with Crippen LogP contribution in [0.25, 0.3) is 0 Å². The Morgan fingerprint density at radius 3 is 1.93 bits per heavy atom. The predicted octanol–water partition coefficient (Wildman–Crippen LogP) is 6.46. The Labute approximate surface area is 175 Å². The third kappa shape index (κ3) is 6.24. The van der Waals surface area contributed by atoms with Gasteiger partial charge in [-0.05, 0) is 61.1 Å². The van der Waals surface area contributed by atoms with Crippen molar-refractivity contribution >= 4 is 16.6 Å². The minimum absolute atomic E-state index is 0.00176. The van der Waals surface area contributed by atoms with Crippen molar-refractivity contribution in [1.29, 1.82) is 0 Å². The topological polar surface area (TPSA) is 38.7 Å². The Balaban J connectivity index is 3.25. The first-order valence-electron chi connectivity index (χ1n) is 10.8. The van der Waals surface area contributed by atoms with Crippen LogP contribution in [0.1, 0.15) is 60.8 Å². The average molecular weight is 433 g/mol. The van der Waals surface area contributed by atoms with Gasteiger partial charge in [-0.15, -0.1) is 0 Å². The van der Waals surface area contributed by atoms with Gasteiger partial charge in [0.05, 0.1) is 25.5 Å². The maximum atomic E-state index is 13.1. The van der Waals surface area contributed by atoms with Crippen LogP contribution in [0.3, 0.4) is 0 Å². The van der Waals surface area contributed by atoms with Crippen molar-refractivity contribution in [3.05, 3.63) is 11.6 Å². The zero-order chi connectivity index (χ0) is 22.0. The van der Waals surface area contributed by atoms with Gasteiger partial charge in [-0.2, -0.15) is 0 Å². The first kappa shape index (κ1) is 26.0. The van der Waals surface area contributed by atoms with Crippen molar-refractivity contribution < 1.29 is 18.3 Å². The Bertz CT molecular complexity index is 533. The van der Waals surface area contributed by atoms with Crippen LogP contribution in [-0.4, -0.2) is 47.2 Å². The molecule has 0 aromatic heterocycles. The maximum Gasteiger partial charge on any atom is 0.192 e. The number of alkyl halides is 1. The number of hydrogen-bond acceptors (Lipinski definition) is 3. The smallest absolute Gasteiger partial charge is 0.192 e. The van der Waals surface area contributed by atoms with Gasteiger partial charge in [0.25, 0.3) is 0 Å². The molecule has 1 rings (SSSR count). The van der Waals surface area contributed by atoms with Crippen molar-refractivity contribution in [3.63, 3.8) is 0 Å². The molecule has 0 amide bonds. The summed E-state index contributed by atoms with van der Waals surface area (Å²) in [6.45, 7) is 22.1. The third-order valence-corrected chi connectivity index (χ3v) is 16.1. The van der Waals surface area contributed by atoms with Gasteiger partial charge in [0.15, 0.2) is 16.6 Å². The second kappa shape index (κ2) is 9.42. The lowest BCUT2D eigenvalue weighted by Crippen LogP contribution is -2.53. The quantitative estimate of drug-likeness (QED) is 0.353. The van der Waals surface area contributed by atoms with Gasteiger partial charge < -0.3 is 14.0 Å². The maximum absolute atomic E-state index is 13.1. The normalized spacial score (nSPS) is 25.0. The summed E-state index contributed by atoms with van der Waals surface area (Å²) in [7, 11) is -4.01. The molecule has 0 fully saturated rings. The number of rotatable bonds is 8. The van der Waals surface area contributed by atoms with Gasteiger partial charge in [-0.1, -0.05) is 47.6 Å². The fraction of sp³-hybridized carbons (Fsp3) is 0.909. The predicted molar refractivity (Wildman–Crippen MR) is 123 cm³/mol. The summed E-state index contributed by atoms with van der Waals surface area (Å²) in [4.78, 5) is 0. The van der Waals surface area contributed by atoms with Crippen LogP contribution in [-0.2, 0) is 8.85 Å². The fourth-order valence-electron chi connectivity index (χ4n) is 3.18. The highest BCUT2D eigenvalue weighted by molar-refractivity contribution is 6.74. The van der Waals surface area contributed by atoms with Crippen LogP contribution in [0.4, 0.5) is 4.39 Å². The van der Waals surface area contributed by atoms with Crippen molar-refractivity contribution in [2.45, 2.75) is 109 Å². The summed E-state index contributed by atoms with van der Waals surface area (Å²) < 4.78 is 26.7. The van der Waals surface area contributed by atoms with Crippen LogP contribution >= 0.6 is 0 Å².